The standard InChI is InChI=1S/C28H20Cl2O6S2.2Na/c29-25-15-13-23(27(17-25)37(31,32)33)11-5-19-1-7-21(8-2-19)22-9-3-20(4-10-22)6-12-24-14-16-26(30)18-28(24)38(34,35)36;;/h1-18H,(H,31,32,33)(H,34,35,36);;/q;2*+1/p-2. The van der Waals surface area contributed by atoms with Crippen molar-refractivity contribution < 1.29 is 85.1 Å². The van der Waals surface area contributed by atoms with Gasteiger partial charge in [0.15, 0.2) is 0 Å². The first-order chi connectivity index (χ1) is 17.9. The van der Waals surface area contributed by atoms with E-state index in [9.17, 15) is 25.9 Å². The van der Waals surface area contributed by atoms with Crippen molar-refractivity contribution in [1.29, 1.82) is 0 Å². The minimum Gasteiger partial charge on any atom is -0.744 e. The van der Waals surface area contributed by atoms with Crippen LogP contribution < -0.4 is 59.1 Å². The molecule has 0 unspecified atom stereocenters. The molecule has 4 aromatic rings. The fraction of sp³-hybridized carbons (Fsp3) is 0. The summed E-state index contributed by atoms with van der Waals surface area (Å²) in [5.74, 6) is 0. The molecule has 40 heavy (non-hydrogen) atoms. The fourth-order valence-corrected chi connectivity index (χ4v) is 5.54. The van der Waals surface area contributed by atoms with Crippen LogP contribution in [0.1, 0.15) is 22.3 Å². The van der Waals surface area contributed by atoms with Gasteiger partial charge in [0.1, 0.15) is 20.2 Å². The molecule has 0 fully saturated rings. The van der Waals surface area contributed by atoms with Gasteiger partial charge >= 0.3 is 59.1 Å². The molecule has 6 nitrogen and oxygen atoms in total. The van der Waals surface area contributed by atoms with Crippen LogP contribution in [0.3, 0.4) is 0 Å². The van der Waals surface area contributed by atoms with Gasteiger partial charge in [0, 0.05) is 10.0 Å². The topological polar surface area (TPSA) is 114 Å². The Balaban J connectivity index is 0.00000280. The van der Waals surface area contributed by atoms with E-state index in [1.807, 2.05) is 48.5 Å². The Hall–Kier alpha value is -1.24. The Morgan fingerprint density at radius 1 is 0.500 bits per heavy atom. The quantitative estimate of drug-likeness (QED) is 0.170. The van der Waals surface area contributed by atoms with Crippen LogP contribution in [-0.2, 0) is 20.2 Å². The molecule has 0 saturated carbocycles. The van der Waals surface area contributed by atoms with Crippen molar-refractivity contribution in [2.24, 2.45) is 0 Å². The van der Waals surface area contributed by atoms with Crippen molar-refractivity contribution >= 4 is 67.7 Å². The van der Waals surface area contributed by atoms with Crippen LogP contribution in [0.2, 0.25) is 10.0 Å². The largest absolute Gasteiger partial charge is 1.00 e. The van der Waals surface area contributed by atoms with Gasteiger partial charge in [-0.2, -0.15) is 0 Å². The van der Waals surface area contributed by atoms with Crippen LogP contribution in [0.4, 0.5) is 0 Å². The summed E-state index contributed by atoms with van der Waals surface area (Å²) in [6.07, 6.45) is 6.48. The minimum atomic E-state index is -4.67. The van der Waals surface area contributed by atoms with Crippen LogP contribution >= 0.6 is 23.2 Å². The molecule has 0 spiro atoms. The summed E-state index contributed by atoms with van der Waals surface area (Å²) in [5, 5.41) is 0.320. The second-order valence-corrected chi connectivity index (χ2v) is 11.8. The van der Waals surface area contributed by atoms with Crippen LogP contribution in [0.15, 0.2) is 94.7 Å². The van der Waals surface area contributed by atoms with Gasteiger partial charge in [-0.3, -0.25) is 0 Å². The van der Waals surface area contributed by atoms with Gasteiger partial charge in [0.25, 0.3) is 0 Å². The van der Waals surface area contributed by atoms with Gasteiger partial charge in [-0.25, -0.2) is 16.8 Å². The summed E-state index contributed by atoms with van der Waals surface area (Å²) >= 11 is 11.7. The Morgan fingerprint density at radius 2 is 0.825 bits per heavy atom. The molecule has 0 N–H and O–H groups in total. The molecular weight excluding hydrogens is 613 g/mol. The van der Waals surface area contributed by atoms with Gasteiger partial charge in [-0.05, 0) is 57.6 Å². The number of hydrogen-bond acceptors (Lipinski definition) is 6. The van der Waals surface area contributed by atoms with E-state index in [0.717, 1.165) is 34.4 Å². The zero-order chi connectivity index (χ0) is 27.5. The Kier molecular flexibility index (Phi) is 12.9. The first-order valence-corrected chi connectivity index (χ1v) is 14.5. The Labute approximate surface area is 287 Å². The molecule has 0 aliphatic carbocycles. The maximum absolute atomic E-state index is 11.5. The fourth-order valence-electron chi connectivity index (χ4n) is 3.67. The van der Waals surface area contributed by atoms with Crippen LogP contribution in [0.25, 0.3) is 35.4 Å². The van der Waals surface area contributed by atoms with Crippen molar-refractivity contribution in [3.05, 3.63) is 117 Å². The van der Waals surface area contributed by atoms with Crippen molar-refractivity contribution in [2.75, 3.05) is 0 Å². The maximum atomic E-state index is 11.5. The zero-order valence-corrected chi connectivity index (χ0v) is 28.6. The van der Waals surface area contributed by atoms with Gasteiger partial charge in [-0.1, -0.05) is 108 Å². The SMILES string of the molecule is O=S(=O)([O-])c1cc(Cl)ccc1C=Cc1ccc(-c2ccc(C=Cc3ccc(Cl)cc3S(=O)(=O)[O-])cc2)cc1.[Na+].[Na+]. The molecule has 194 valence electrons. The minimum absolute atomic E-state index is 0. The second kappa shape index (κ2) is 14.8. The van der Waals surface area contributed by atoms with Crippen LogP contribution in [0, 0.1) is 0 Å². The van der Waals surface area contributed by atoms with Crippen molar-refractivity contribution in [1.82, 2.24) is 0 Å². The second-order valence-electron chi connectivity index (χ2n) is 8.18. The predicted molar refractivity (Wildman–Crippen MR) is 149 cm³/mol. The van der Waals surface area contributed by atoms with Crippen molar-refractivity contribution in [3.63, 3.8) is 0 Å². The molecule has 4 aromatic carbocycles. The summed E-state index contributed by atoms with van der Waals surface area (Å²) in [7, 11) is -9.35. The van der Waals surface area contributed by atoms with E-state index in [1.54, 1.807) is 24.3 Å². The van der Waals surface area contributed by atoms with Gasteiger partial charge in [0.05, 0.1) is 9.79 Å². The molecule has 0 bridgehead atoms. The molecule has 12 heteroatoms. The maximum Gasteiger partial charge on any atom is 1.00 e. The predicted octanol–water partition coefficient (Wildman–Crippen LogP) is 0.817. The van der Waals surface area contributed by atoms with E-state index < -0.39 is 20.2 Å². The summed E-state index contributed by atoms with van der Waals surface area (Å²) in [4.78, 5) is -0.761. The Bertz CT molecular complexity index is 1640. The Morgan fingerprint density at radius 3 is 1.12 bits per heavy atom. The van der Waals surface area contributed by atoms with Crippen molar-refractivity contribution in [2.45, 2.75) is 9.79 Å². The van der Waals surface area contributed by atoms with E-state index in [2.05, 4.69) is 0 Å². The average molecular weight is 631 g/mol. The summed E-state index contributed by atoms with van der Waals surface area (Å²) in [6, 6.07) is 23.2. The first-order valence-electron chi connectivity index (χ1n) is 11.0. The molecule has 0 atom stereocenters. The molecule has 0 aliphatic heterocycles. The summed E-state index contributed by atoms with van der Waals surface area (Å²) in [6.45, 7) is 0. The van der Waals surface area contributed by atoms with E-state index in [1.165, 1.54) is 24.3 Å². The zero-order valence-electron chi connectivity index (χ0n) is 21.4. The van der Waals surface area contributed by atoms with Crippen LogP contribution in [-0.4, -0.2) is 25.9 Å². The molecule has 4 rings (SSSR count). The normalized spacial score (nSPS) is 11.8. The van der Waals surface area contributed by atoms with Gasteiger partial charge in [-0.15, -0.1) is 0 Å². The smallest absolute Gasteiger partial charge is 0.744 e. The molecule has 0 amide bonds. The molecule has 0 aliphatic rings. The molecule has 0 aromatic heterocycles. The van der Waals surface area contributed by atoms with E-state index in [4.69, 9.17) is 23.2 Å². The van der Waals surface area contributed by atoms with Gasteiger partial charge < -0.3 is 9.11 Å². The number of rotatable bonds is 7. The van der Waals surface area contributed by atoms with E-state index >= 15 is 0 Å². The molecular formula is C28H18Cl2Na2O6S2. The number of halogens is 2. The summed E-state index contributed by atoms with van der Waals surface area (Å²) in [5.41, 5.74) is 3.95. The van der Waals surface area contributed by atoms with E-state index in [-0.39, 0.29) is 90.1 Å². The van der Waals surface area contributed by atoms with E-state index in [0.29, 0.717) is 0 Å². The monoisotopic (exact) mass is 630 g/mol. The van der Waals surface area contributed by atoms with Crippen molar-refractivity contribution in [3.8, 4) is 11.1 Å². The summed E-state index contributed by atoms with van der Waals surface area (Å²) < 4.78 is 69.2. The molecule has 0 radical (unpaired) electrons. The third-order valence-electron chi connectivity index (χ3n) is 5.56. The van der Waals surface area contributed by atoms with Gasteiger partial charge in [0.2, 0.25) is 0 Å². The third kappa shape index (κ3) is 9.39. The molecule has 0 heterocycles. The van der Waals surface area contributed by atoms with Crippen LogP contribution in [0.5, 0.6) is 0 Å². The third-order valence-corrected chi connectivity index (χ3v) is 7.81. The average Bonchev–Trinajstić information content (AvgIpc) is 2.87. The number of benzene rings is 4. The number of hydrogen-bond donors (Lipinski definition) is 0. The molecule has 0 saturated heterocycles. The first kappa shape index (κ1) is 35.0.